The number of carbonyl (C=O) groups excluding carboxylic acids is 2. The zero-order valence-electron chi connectivity index (χ0n) is 30.1. The first-order valence-corrected chi connectivity index (χ1v) is 18.0. The molecule has 2 atom stereocenters. The van der Waals surface area contributed by atoms with E-state index in [9.17, 15) is 9.59 Å². The number of carbonyl (C=O) groups is 2. The molecule has 258 valence electrons. The van der Waals surface area contributed by atoms with E-state index in [-0.39, 0.29) is 23.9 Å². The highest BCUT2D eigenvalue weighted by Gasteiger charge is 2.24. The van der Waals surface area contributed by atoms with Crippen LogP contribution in [0.5, 0.6) is 5.75 Å². The second kappa shape index (κ2) is 14.4. The van der Waals surface area contributed by atoms with Gasteiger partial charge < -0.3 is 24.5 Å². The van der Waals surface area contributed by atoms with E-state index >= 15 is 0 Å². The average molecular weight is 663 g/mol. The second-order valence-electron chi connectivity index (χ2n) is 13.6. The van der Waals surface area contributed by atoms with Gasteiger partial charge in [0.15, 0.2) is 0 Å². The summed E-state index contributed by atoms with van der Waals surface area (Å²) < 4.78 is 6.39. The summed E-state index contributed by atoms with van der Waals surface area (Å²) in [6.45, 7) is 15.9. The van der Waals surface area contributed by atoms with Crippen LogP contribution in [0.2, 0.25) is 0 Å². The minimum Gasteiger partial charge on any atom is -0.488 e. The molecule has 6 rings (SSSR count). The summed E-state index contributed by atoms with van der Waals surface area (Å²) in [6.07, 6.45) is 4.54. The van der Waals surface area contributed by atoms with Gasteiger partial charge in [0.1, 0.15) is 24.0 Å². The Morgan fingerprint density at radius 2 is 1.47 bits per heavy atom. The predicted molar refractivity (Wildman–Crippen MR) is 196 cm³/mol. The topological polar surface area (TPSA) is 107 Å². The molecule has 5 aromatic rings. The number of rotatable bonds is 13. The zero-order chi connectivity index (χ0) is 34.8. The van der Waals surface area contributed by atoms with Gasteiger partial charge in [0.25, 0.3) is 0 Å². The maximum absolute atomic E-state index is 12.9. The number of aryl methyl sites for hydroxylation is 1. The van der Waals surface area contributed by atoms with Crippen LogP contribution < -0.4 is 4.74 Å². The quantitative estimate of drug-likeness (QED) is 0.131. The molecule has 0 saturated heterocycles. The summed E-state index contributed by atoms with van der Waals surface area (Å²) in [6, 6.07) is 15.3. The van der Waals surface area contributed by atoms with Gasteiger partial charge in [-0.15, -0.1) is 0 Å². The van der Waals surface area contributed by atoms with Crippen molar-refractivity contribution in [3.63, 3.8) is 0 Å². The van der Waals surface area contributed by atoms with Crippen molar-refractivity contribution >= 4 is 33.6 Å². The number of nitrogens with one attached hydrogen (secondary N) is 2. The van der Waals surface area contributed by atoms with E-state index in [1.54, 1.807) is 0 Å². The Bertz CT molecular complexity index is 1990. The van der Waals surface area contributed by atoms with Crippen molar-refractivity contribution in [2.24, 2.45) is 0 Å². The Balaban J connectivity index is 1.28. The number of fused-ring (bicyclic) bond motifs is 6. The zero-order valence-corrected chi connectivity index (χ0v) is 30.1. The van der Waals surface area contributed by atoms with Crippen LogP contribution in [0.25, 0.3) is 44.2 Å². The average Bonchev–Trinajstić information content (AvgIpc) is 3.70. The first-order chi connectivity index (χ1) is 23.6. The Morgan fingerprint density at radius 1 is 0.816 bits per heavy atom. The van der Waals surface area contributed by atoms with Crippen LogP contribution in [0.15, 0.2) is 42.5 Å². The van der Waals surface area contributed by atoms with Gasteiger partial charge in [-0.2, -0.15) is 0 Å². The summed E-state index contributed by atoms with van der Waals surface area (Å²) >= 11 is 0. The van der Waals surface area contributed by atoms with Gasteiger partial charge in [0, 0.05) is 47.1 Å². The molecule has 3 aromatic carbocycles. The Labute approximate surface area is 289 Å². The van der Waals surface area contributed by atoms with Crippen LogP contribution in [0.3, 0.4) is 0 Å². The van der Waals surface area contributed by atoms with Crippen molar-refractivity contribution < 1.29 is 14.3 Å². The van der Waals surface area contributed by atoms with Crippen LogP contribution in [-0.4, -0.2) is 53.6 Å². The number of hydrogen-bond acceptors (Lipinski definition) is 5. The van der Waals surface area contributed by atoms with E-state index < -0.39 is 0 Å². The molecule has 2 amide bonds. The van der Waals surface area contributed by atoms with Crippen molar-refractivity contribution in [2.75, 3.05) is 0 Å². The minimum absolute atomic E-state index is 0.144. The first-order valence-electron chi connectivity index (χ1n) is 18.0. The number of ether oxygens (including phenoxy) is 1. The number of aromatic nitrogens is 4. The van der Waals surface area contributed by atoms with Gasteiger partial charge in [-0.25, -0.2) is 9.97 Å². The fourth-order valence-corrected chi connectivity index (χ4v) is 6.90. The highest BCUT2D eigenvalue weighted by Crippen LogP contribution is 2.42. The Hall–Kier alpha value is -4.66. The summed E-state index contributed by atoms with van der Waals surface area (Å²) in [5.74, 6) is 2.77. The van der Waals surface area contributed by atoms with Gasteiger partial charge in [-0.1, -0.05) is 45.9 Å². The van der Waals surface area contributed by atoms with Crippen molar-refractivity contribution in [1.29, 1.82) is 0 Å². The van der Waals surface area contributed by atoms with Gasteiger partial charge in [0.05, 0.1) is 29.8 Å². The molecule has 0 bridgehead atoms. The lowest BCUT2D eigenvalue weighted by molar-refractivity contribution is -0.135. The number of hydrogen-bond donors (Lipinski definition) is 2. The third-order valence-electron chi connectivity index (χ3n) is 10.1. The SMILES string of the molecule is CCCC(=O)N(Cc1nc(-c2ccc3c(c2)COc2cc4c(ccc5[nH]c(CN(C(=O)CCC)[C@@H](C)CC)nc54)cc2-3)c(C)[nH]1)[C@@H](C)CC. The van der Waals surface area contributed by atoms with Crippen LogP contribution in [0.4, 0.5) is 0 Å². The normalized spacial score (nSPS) is 13.5. The van der Waals surface area contributed by atoms with E-state index in [0.29, 0.717) is 32.5 Å². The maximum atomic E-state index is 12.9. The van der Waals surface area contributed by atoms with Gasteiger partial charge in [-0.05, 0) is 87.2 Å². The smallest absolute Gasteiger partial charge is 0.223 e. The molecule has 0 fully saturated rings. The lowest BCUT2D eigenvalue weighted by Gasteiger charge is -2.27. The predicted octanol–water partition coefficient (Wildman–Crippen LogP) is 8.83. The fourth-order valence-electron chi connectivity index (χ4n) is 6.90. The van der Waals surface area contributed by atoms with E-state index in [1.807, 2.05) is 30.6 Å². The molecule has 2 aromatic heterocycles. The number of aromatic amines is 2. The second-order valence-corrected chi connectivity index (χ2v) is 13.6. The van der Waals surface area contributed by atoms with Gasteiger partial charge >= 0.3 is 0 Å². The molecular formula is C40H50N6O3. The molecule has 9 heteroatoms. The summed E-state index contributed by atoms with van der Waals surface area (Å²) in [5.41, 5.74) is 8.06. The molecule has 0 saturated carbocycles. The third-order valence-corrected chi connectivity index (χ3v) is 10.1. The lowest BCUT2D eigenvalue weighted by atomic mass is 9.92. The molecule has 2 N–H and O–H groups in total. The highest BCUT2D eigenvalue weighted by atomic mass is 16.5. The number of amides is 2. The molecule has 1 aliphatic heterocycles. The van der Waals surface area contributed by atoms with Gasteiger partial charge in [-0.3, -0.25) is 9.59 Å². The standard InChI is InChI=1S/C40H50N6O3/c1-8-12-37(47)45(24(5)10-3)21-35-41-26(7)39(43-35)28-14-16-30-29(18-28)23-49-34-20-31-27(19-32(30)34)15-17-33-40(31)44-36(42-33)22-46(25(6)11-4)38(48)13-9-2/h14-20,24-25H,8-13,21-23H2,1-7H3,(H,41,43)(H,42,44)/t24-,25-/m0/s1. The largest absolute Gasteiger partial charge is 0.488 e. The third kappa shape index (κ3) is 6.80. The van der Waals surface area contributed by atoms with E-state index in [1.165, 1.54) is 0 Å². The lowest BCUT2D eigenvalue weighted by Crippen LogP contribution is -2.37. The molecule has 0 aliphatic carbocycles. The molecular weight excluding hydrogens is 612 g/mol. The fraction of sp³-hybridized carbons (Fsp3) is 0.450. The van der Waals surface area contributed by atoms with Crippen LogP contribution >= 0.6 is 0 Å². The summed E-state index contributed by atoms with van der Waals surface area (Å²) in [4.78, 5) is 46.6. The van der Waals surface area contributed by atoms with Crippen LogP contribution in [0.1, 0.15) is 103 Å². The molecule has 0 spiro atoms. The number of nitrogens with zero attached hydrogens (tertiary/aromatic N) is 4. The summed E-state index contributed by atoms with van der Waals surface area (Å²) in [7, 11) is 0. The van der Waals surface area contributed by atoms with E-state index in [0.717, 1.165) is 98.5 Å². The van der Waals surface area contributed by atoms with Crippen molar-refractivity contribution in [2.45, 2.75) is 119 Å². The maximum Gasteiger partial charge on any atom is 0.223 e. The van der Waals surface area contributed by atoms with Crippen molar-refractivity contribution in [1.82, 2.24) is 29.7 Å². The van der Waals surface area contributed by atoms with E-state index in [4.69, 9.17) is 14.7 Å². The van der Waals surface area contributed by atoms with Crippen molar-refractivity contribution in [3.05, 3.63) is 65.4 Å². The van der Waals surface area contributed by atoms with E-state index in [2.05, 4.69) is 80.1 Å². The van der Waals surface area contributed by atoms with Gasteiger partial charge in [0.2, 0.25) is 11.8 Å². The Morgan fingerprint density at radius 3 is 2.10 bits per heavy atom. The number of benzene rings is 3. The van der Waals surface area contributed by atoms with Crippen LogP contribution in [-0.2, 0) is 29.3 Å². The number of imidazole rings is 2. The van der Waals surface area contributed by atoms with Crippen molar-refractivity contribution in [3.8, 4) is 28.1 Å². The molecule has 3 heterocycles. The number of H-pyrrole nitrogens is 2. The van der Waals surface area contributed by atoms with Crippen LogP contribution in [0, 0.1) is 6.92 Å². The summed E-state index contributed by atoms with van der Waals surface area (Å²) in [5, 5.41) is 2.11. The molecule has 9 nitrogen and oxygen atoms in total. The molecule has 0 unspecified atom stereocenters. The Kier molecular flexibility index (Phi) is 10.1. The molecule has 1 aliphatic rings. The first kappa shape index (κ1) is 34.2. The molecule has 0 radical (unpaired) electrons. The minimum atomic E-state index is 0.144. The monoisotopic (exact) mass is 662 g/mol. The highest BCUT2D eigenvalue weighted by molar-refractivity contribution is 6.07. The molecule has 49 heavy (non-hydrogen) atoms.